The summed E-state index contributed by atoms with van der Waals surface area (Å²) in [5, 5.41) is 9.90. The van der Waals surface area contributed by atoms with E-state index in [0.717, 1.165) is 21.9 Å². The molecule has 1 aromatic heterocycles. The predicted molar refractivity (Wildman–Crippen MR) is 183 cm³/mol. The Balaban J connectivity index is 1.23. The quantitative estimate of drug-likeness (QED) is 0.201. The van der Waals surface area contributed by atoms with Crippen molar-refractivity contribution in [1.29, 1.82) is 0 Å². The van der Waals surface area contributed by atoms with Gasteiger partial charge in [0.25, 0.3) is 0 Å². The van der Waals surface area contributed by atoms with Crippen molar-refractivity contribution in [3.8, 4) is 33.4 Å². The lowest BCUT2D eigenvalue weighted by atomic mass is 9.85. The van der Waals surface area contributed by atoms with Crippen molar-refractivity contribution in [1.82, 2.24) is 0 Å². The van der Waals surface area contributed by atoms with E-state index in [1.54, 1.807) is 0 Å². The molecular weight excluding hydrogens is 520 g/mol. The standard InChI is InChI=1S/C42H26O/c1-2-10-30-25-32(22-19-27(30)9-1)42-36-14-5-3-12-34(36)41(35-13-4-6-15-37(35)42)29-20-17-28(18-21-29)31-23-24-40-38(26-31)33-11-7-8-16-39(33)43-40/h1-26H. The van der Waals surface area contributed by atoms with Gasteiger partial charge in [-0.25, -0.2) is 0 Å². The Kier molecular flexibility index (Phi) is 5.27. The molecule has 0 amide bonds. The second-order valence-electron chi connectivity index (χ2n) is 11.3. The molecule has 9 rings (SSSR count). The van der Waals surface area contributed by atoms with E-state index in [4.69, 9.17) is 4.42 Å². The fourth-order valence-electron chi connectivity index (χ4n) is 6.83. The molecule has 0 fully saturated rings. The summed E-state index contributed by atoms with van der Waals surface area (Å²) >= 11 is 0. The first-order valence-corrected chi connectivity index (χ1v) is 14.8. The molecule has 1 nitrogen and oxygen atoms in total. The summed E-state index contributed by atoms with van der Waals surface area (Å²) in [5.41, 5.74) is 9.26. The number of para-hydroxylation sites is 1. The molecule has 0 spiro atoms. The zero-order valence-corrected chi connectivity index (χ0v) is 23.4. The van der Waals surface area contributed by atoms with Gasteiger partial charge in [0.2, 0.25) is 0 Å². The van der Waals surface area contributed by atoms with Crippen LogP contribution >= 0.6 is 0 Å². The van der Waals surface area contributed by atoms with E-state index in [0.29, 0.717) is 0 Å². The summed E-state index contributed by atoms with van der Waals surface area (Å²) in [6.45, 7) is 0. The van der Waals surface area contributed by atoms with Gasteiger partial charge in [0.15, 0.2) is 0 Å². The minimum absolute atomic E-state index is 0.922. The van der Waals surface area contributed by atoms with E-state index in [-0.39, 0.29) is 0 Å². The van der Waals surface area contributed by atoms with Gasteiger partial charge in [0.05, 0.1) is 0 Å². The maximum atomic E-state index is 6.06. The number of hydrogen-bond donors (Lipinski definition) is 0. The Morgan fingerprint density at radius 3 is 1.47 bits per heavy atom. The van der Waals surface area contributed by atoms with Crippen molar-refractivity contribution in [2.75, 3.05) is 0 Å². The van der Waals surface area contributed by atoms with Crippen LogP contribution in [0, 0.1) is 0 Å². The van der Waals surface area contributed by atoms with Crippen molar-refractivity contribution in [2.24, 2.45) is 0 Å². The Morgan fingerprint density at radius 1 is 0.279 bits per heavy atom. The highest BCUT2D eigenvalue weighted by molar-refractivity contribution is 6.21. The number of furan rings is 1. The fourth-order valence-corrected chi connectivity index (χ4v) is 6.83. The van der Waals surface area contributed by atoms with Crippen molar-refractivity contribution in [2.45, 2.75) is 0 Å². The van der Waals surface area contributed by atoms with E-state index in [1.165, 1.54) is 65.7 Å². The molecule has 0 aliphatic carbocycles. The molecule has 9 aromatic rings. The van der Waals surface area contributed by atoms with Gasteiger partial charge in [-0.2, -0.15) is 0 Å². The monoisotopic (exact) mass is 546 g/mol. The Bertz CT molecular complexity index is 2440. The first-order chi connectivity index (χ1) is 21.3. The van der Waals surface area contributed by atoms with Crippen LogP contribution in [0.15, 0.2) is 162 Å². The Hall–Kier alpha value is -5.66. The second kappa shape index (κ2) is 9.44. The molecule has 0 aliphatic heterocycles. The third-order valence-corrected chi connectivity index (χ3v) is 8.85. The van der Waals surface area contributed by atoms with Gasteiger partial charge in [0, 0.05) is 10.8 Å². The fraction of sp³-hybridized carbons (Fsp3) is 0. The van der Waals surface area contributed by atoms with Gasteiger partial charge in [-0.05, 0) is 90.0 Å². The third-order valence-electron chi connectivity index (χ3n) is 8.85. The highest BCUT2D eigenvalue weighted by atomic mass is 16.3. The van der Waals surface area contributed by atoms with Crippen molar-refractivity contribution >= 4 is 54.3 Å². The van der Waals surface area contributed by atoms with Crippen LogP contribution in [0.1, 0.15) is 0 Å². The molecule has 1 heterocycles. The van der Waals surface area contributed by atoms with E-state index < -0.39 is 0 Å². The summed E-state index contributed by atoms with van der Waals surface area (Å²) < 4.78 is 6.06. The van der Waals surface area contributed by atoms with Gasteiger partial charge in [-0.1, -0.05) is 133 Å². The van der Waals surface area contributed by atoms with Crippen LogP contribution in [-0.2, 0) is 0 Å². The van der Waals surface area contributed by atoms with Crippen molar-refractivity contribution in [3.63, 3.8) is 0 Å². The number of rotatable bonds is 3. The van der Waals surface area contributed by atoms with Crippen molar-refractivity contribution in [3.05, 3.63) is 158 Å². The second-order valence-corrected chi connectivity index (χ2v) is 11.3. The maximum Gasteiger partial charge on any atom is 0.135 e. The molecule has 0 unspecified atom stereocenters. The zero-order chi connectivity index (χ0) is 28.3. The summed E-state index contributed by atoms with van der Waals surface area (Å²) in [6, 6.07) is 56.9. The van der Waals surface area contributed by atoms with Crippen LogP contribution in [0.2, 0.25) is 0 Å². The zero-order valence-electron chi connectivity index (χ0n) is 23.4. The molecule has 8 aromatic carbocycles. The first kappa shape index (κ1) is 24.0. The molecule has 0 bridgehead atoms. The molecule has 0 N–H and O–H groups in total. The topological polar surface area (TPSA) is 13.1 Å². The minimum Gasteiger partial charge on any atom is -0.456 e. The number of hydrogen-bond acceptors (Lipinski definition) is 1. The maximum absolute atomic E-state index is 6.06. The van der Waals surface area contributed by atoms with E-state index in [1.807, 2.05) is 12.1 Å². The Morgan fingerprint density at radius 2 is 0.767 bits per heavy atom. The smallest absolute Gasteiger partial charge is 0.135 e. The molecule has 0 radical (unpaired) electrons. The number of benzene rings is 8. The predicted octanol–water partition coefficient (Wildman–Crippen LogP) is 12.0. The summed E-state index contributed by atoms with van der Waals surface area (Å²) in [5.74, 6) is 0. The van der Waals surface area contributed by atoms with E-state index in [2.05, 4.69) is 146 Å². The lowest BCUT2D eigenvalue weighted by Crippen LogP contribution is -1.91. The molecule has 0 saturated carbocycles. The van der Waals surface area contributed by atoms with Crippen molar-refractivity contribution < 1.29 is 4.42 Å². The minimum atomic E-state index is 0.922. The molecule has 1 heteroatoms. The molecule has 0 atom stereocenters. The third kappa shape index (κ3) is 3.79. The van der Waals surface area contributed by atoms with Gasteiger partial charge in [0.1, 0.15) is 11.2 Å². The molecule has 200 valence electrons. The lowest BCUT2D eigenvalue weighted by Gasteiger charge is -2.18. The summed E-state index contributed by atoms with van der Waals surface area (Å²) in [4.78, 5) is 0. The van der Waals surface area contributed by atoms with Crippen LogP contribution in [-0.4, -0.2) is 0 Å². The Labute approximate surface area is 249 Å². The SMILES string of the molecule is c1ccc2cc(-c3c4ccccc4c(-c4ccc(-c5ccc6oc7ccccc7c6c5)cc4)c4ccccc34)ccc2c1. The first-order valence-electron chi connectivity index (χ1n) is 14.8. The highest BCUT2D eigenvalue weighted by Crippen LogP contribution is 2.44. The highest BCUT2D eigenvalue weighted by Gasteiger charge is 2.17. The van der Waals surface area contributed by atoms with E-state index >= 15 is 0 Å². The van der Waals surface area contributed by atoms with Gasteiger partial charge < -0.3 is 4.42 Å². The van der Waals surface area contributed by atoms with Crippen LogP contribution in [0.5, 0.6) is 0 Å². The van der Waals surface area contributed by atoms with E-state index in [9.17, 15) is 0 Å². The summed E-state index contributed by atoms with van der Waals surface area (Å²) in [7, 11) is 0. The summed E-state index contributed by atoms with van der Waals surface area (Å²) in [6.07, 6.45) is 0. The van der Waals surface area contributed by atoms with Gasteiger partial charge in [-0.15, -0.1) is 0 Å². The van der Waals surface area contributed by atoms with Crippen LogP contribution in [0.3, 0.4) is 0 Å². The molecule has 0 saturated heterocycles. The van der Waals surface area contributed by atoms with Crippen LogP contribution in [0.25, 0.3) is 87.6 Å². The normalized spacial score (nSPS) is 11.7. The van der Waals surface area contributed by atoms with Gasteiger partial charge in [-0.3, -0.25) is 0 Å². The lowest BCUT2D eigenvalue weighted by molar-refractivity contribution is 0.669. The largest absolute Gasteiger partial charge is 0.456 e. The molecule has 43 heavy (non-hydrogen) atoms. The average Bonchev–Trinajstić information content (AvgIpc) is 3.45. The molecular formula is C42H26O. The van der Waals surface area contributed by atoms with Gasteiger partial charge >= 0.3 is 0 Å². The average molecular weight is 547 g/mol. The van der Waals surface area contributed by atoms with Crippen LogP contribution in [0.4, 0.5) is 0 Å². The van der Waals surface area contributed by atoms with Crippen LogP contribution < -0.4 is 0 Å². The number of fused-ring (bicyclic) bond motifs is 6. The molecule has 0 aliphatic rings.